The number of aromatic nitrogens is 3. The summed E-state index contributed by atoms with van der Waals surface area (Å²) in [6.07, 6.45) is 2.54. The van der Waals surface area contributed by atoms with Gasteiger partial charge in [0.2, 0.25) is 5.88 Å². The number of ether oxygens (including phenoxy) is 1. The number of aryl methyl sites for hydroxylation is 1. The zero-order chi connectivity index (χ0) is 17.4. The number of hydrogen-bond acceptors (Lipinski definition) is 4. The van der Waals surface area contributed by atoms with Gasteiger partial charge in [-0.15, -0.1) is 0 Å². The lowest BCUT2D eigenvalue weighted by Crippen LogP contribution is -2.29. The third-order valence-electron chi connectivity index (χ3n) is 4.78. The van der Waals surface area contributed by atoms with Crippen molar-refractivity contribution in [2.45, 2.75) is 19.4 Å². The van der Waals surface area contributed by atoms with Crippen LogP contribution in [-0.2, 0) is 0 Å². The van der Waals surface area contributed by atoms with E-state index < -0.39 is 0 Å². The topological polar surface area (TPSA) is 60.2 Å². The molecule has 0 aliphatic carbocycles. The highest BCUT2D eigenvalue weighted by atomic mass is 16.5. The summed E-state index contributed by atoms with van der Waals surface area (Å²) in [7, 11) is 1.53. The van der Waals surface area contributed by atoms with E-state index in [0.29, 0.717) is 24.5 Å². The SMILES string of the molecule is COc1ncccc1C(=O)N1CCC(n2c(C)nc3ccccc32)C1. The number of methoxy groups -OCH3 is 1. The lowest BCUT2D eigenvalue weighted by Gasteiger charge is -2.19. The fraction of sp³-hybridized carbons (Fsp3) is 0.316. The number of fused-ring (bicyclic) bond motifs is 1. The number of benzene rings is 1. The summed E-state index contributed by atoms with van der Waals surface area (Å²) in [5.74, 6) is 1.33. The standard InChI is InChI=1S/C19H20N4O2/c1-13-21-16-7-3-4-8-17(16)23(13)14-9-11-22(12-14)19(24)15-6-5-10-20-18(15)25-2/h3-8,10,14H,9,11-12H2,1-2H3. The van der Waals surface area contributed by atoms with Gasteiger partial charge in [-0.1, -0.05) is 12.1 Å². The summed E-state index contributed by atoms with van der Waals surface area (Å²) in [4.78, 5) is 23.5. The molecule has 2 aromatic heterocycles. The van der Waals surface area contributed by atoms with E-state index in [1.54, 1.807) is 18.3 Å². The molecule has 1 aliphatic heterocycles. The summed E-state index contributed by atoms with van der Waals surface area (Å²) in [5.41, 5.74) is 2.63. The predicted octanol–water partition coefficient (Wildman–Crippen LogP) is 2.84. The van der Waals surface area contributed by atoms with Crippen LogP contribution in [0.1, 0.15) is 28.6 Å². The number of carbonyl (C=O) groups is 1. The van der Waals surface area contributed by atoms with E-state index in [4.69, 9.17) is 4.74 Å². The van der Waals surface area contributed by atoms with Crippen molar-refractivity contribution in [3.8, 4) is 5.88 Å². The Morgan fingerprint density at radius 1 is 1.24 bits per heavy atom. The van der Waals surface area contributed by atoms with Crippen LogP contribution in [0.5, 0.6) is 5.88 Å². The zero-order valence-electron chi connectivity index (χ0n) is 14.3. The minimum Gasteiger partial charge on any atom is -0.480 e. The number of carbonyl (C=O) groups excluding carboxylic acids is 1. The Balaban J connectivity index is 1.61. The summed E-state index contributed by atoms with van der Waals surface area (Å²) in [5, 5.41) is 0. The lowest BCUT2D eigenvalue weighted by atomic mass is 10.2. The van der Waals surface area contributed by atoms with Crippen LogP contribution in [0.15, 0.2) is 42.6 Å². The van der Waals surface area contributed by atoms with Gasteiger partial charge in [0.1, 0.15) is 11.4 Å². The fourth-order valence-corrected chi connectivity index (χ4v) is 3.65. The van der Waals surface area contributed by atoms with Gasteiger partial charge in [-0.2, -0.15) is 0 Å². The second kappa shape index (κ2) is 6.20. The van der Waals surface area contributed by atoms with Crippen LogP contribution in [0.4, 0.5) is 0 Å². The molecular formula is C19H20N4O2. The van der Waals surface area contributed by atoms with Crippen molar-refractivity contribution < 1.29 is 9.53 Å². The number of rotatable bonds is 3. The molecule has 1 aromatic carbocycles. The number of amides is 1. The van der Waals surface area contributed by atoms with Gasteiger partial charge in [0.15, 0.2) is 0 Å². The largest absolute Gasteiger partial charge is 0.480 e. The third-order valence-corrected chi connectivity index (χ3v) is 4.78. The van der Waals surface area contributed by atoms with Crippen molar-refractivity contribution in [1.29, 1.82) is 0 Å². The van der Waals surface area contributed by atoms with Crippen molar-refractivity contribution in [3.63, 3.8) is 0 Å². The molecular weight excluding hydrogens is 316 g/mol. The first-order valence-electron chi connectivity index (χ1n) is 8.41. The molecule has 0 spiro atoms. The molecule has 1 saturated heterocycles. The normalized spacial score (nSPS) is 17.2. The van der Waals surface area contributed by atoms with Gasteiger partial charge in [-0.3, -0.25) is 4.79 Å². The van der Waals surface area contributed by atoms with Crippen molar-refractivity contribution in [3.05, 3.63) is 54.0 Å². The van der Waals surface area contributed by atoms with Crippen LogP contribution >= 0.6 is 0 Å². The molecule has 3 aromatic rings. The van der Waals surface area contributed by atoms with Gasteiger partial charge < -0.3 is 14.2 Å². The van der Waals surface area contributed by atoms with Gasteiger partial charge >= 0.3 is 0 Å². The molecule has 1 atom stereocenters. The van der Waals surface area contributed by atoms with Crippen LogP contribution < -0.4 is 4.74 Å². The Kier molecular flexibility index (Phi) is 3.87. The Labute approximate surface area is 146 Å². The Morgan fingerprint density at radius 3 is 2.92 bits per heavy atom. The number of imidazole rings is 1. The van der Waals surface area contributed by atoms with Crippen molar-refractivity contribution in [2.24, 2.45) is 0 Å². The van der Waals surface area contributed by atoms with Crippen LogP contribution in [0.3, 0.4) is 0 Å². The average molecular weight is 336 g/mol. The molecule has 0 bridgehead atoms. The first kappa shape index (κ1) is 15.6. The highest BCUT2D eigenvalue weighted by Gasteiger charge is 2.31. The summed E-state index contributed by atoms with van der Waals surface area (Å²) in [6.45, 7) is 3.40. The molecule has 4 rings (SSSR count). The zero-order valence-corrected chi connectivity index (χ0v) is 14.3. The Bertz CT molecular complexity index is 934. The van der Waals surface area contributed by atoms with E-state index in [0.717, 1.165) is 23.3 Å². The smallest absolute Gasteiger partial charge is 0.259 e. The fourth-order valence-electron chi connectivity index (χ4n) is 3.65. The quantitative estimate of drug-likeness (QED) is 0.738. The number of para-hydroxylation sites is 2. The van der Waals surface area contributed by atoms with Crippen molar-refractivity contribution >= 4 is 16.9 Å². The minimum absolute atomic E-state index is 0.0328. The van der Waals surface area contributed by atoms with Crippen LogP contribution in [0.2, 0.25) is 0 Å². The van der Waals surface area contributed by atoms with E-state index in [1.165, 1.54) is 7.11 Å². The Hall–Kier alpha value is -2.89. The van der Waals surface area contributed by atoms with Crippen LogP contribution in [0, 0.1) is 6.92 Å². The molecule has 1 unspecified atom stereocenters. The van der Waals surface area contributed by atoms with Crippen molar-refractivity contribution in [1.82, 2.24) is 19.4 Å². The molecule has 1 amide bonds. The van der Waals surface area contributed by atoms with Crippen molar-refractivity contribution in [2.75, 3.05) is 20.2 Å². The molecule has 6 heteroatoms. The van der Waals surface area contributed by atoms with E-state index in [9.17, 15) is 4.79 Å². The molecule has 128 valence electrons. The van der Waals surface area contributed by atoms with Crippen LogP contribution in [0.25, 0.3) is 11.0 Å². The third kappa shape index (κ3) is 2.63. The number of hydrogen-bond donors (Lipinski definition) is 0. The minimum atomic E-state index is -0.0328. The van der Waals surface area contributed by atoms with Gasteiger partial charge in [0, 0.05) is 19.3 Å². The summed E-state index contributed by atoms with van der Waals surface area (Å²) in [6, 6.07) is 11.9. The number of pyridine rings is 1. The molecule has 0 radical (unpaired) electrons. The second-order valence-electron chi connectivity index (χ2n) is 6.27. The molecule has 0 N–H and O–H groups in total. The van der Waals surface area contributed by atoms with E-state index in [1.807, 2.05) is 30.0 Å². The molecule has 1 fully saturated rings. The van der Waals surface area contributed by atoms with Crippen LogP contribution in [-0.4, -0.2) is 45.5 Å². The van der Waals surface area contributed by atoms with E-state index in [-0.39, 0.29) is 11.9 Å². The van der Waals surface area contributed by atoms with E-state index in [2.05, 4.69) is 20.6 Å². The summed E-state index contributed by atoms with van der Waals surface area (Å²) < 4.78 is 7.48. The highest BCUT2D eigenvalue weighted by Crippen LogP contribution is 2.29. The predicted molar refractivity (Wildman–Crippen MR) is 94.8 cm³/mol. The average Bonchev–Trinajstić information content (AvgIpc) is 3.24. The maximum Gasteiger partial charge on any atom is 0.259 e. The Morgan fingerprint density at radius 2 is 2.08 bits per heavy atom. The molecule has 0 saturated carbocycles. The first-order chi connectivity index (χ1) is 12.2. The molecule has 1 aliphatic rings. The number of likely N-dealkylation sites (tertiary alicyclic amines) is 1. The van der Waals surface area contributed by atoms with Gasteiger partial charge in [0.05, 0.1) is 24.2 Å². The summed E-state index contributed by atoms with van der Waals surface area (Å²) >= 11 is 0. The van der Waals surface area contributed by atoms with E-state index >= 15 is 0 Å². The molecule has 3 heterocycles. The highest BCUT2D eigenvalue weighted by molar-refractivity contribution is 5.96. The number of nitrogens with zero attached hydrogens (tertiary/aromatic N) is 4. The van der Waals surface area contributed by atoms with Gasteiger partial charge in [-0.05, 0) is 37.6 Å². The molecule has 6 nitrogen and oxygen atoms in total. The van der Waals surface area contributed by atoms with Gasteiger partial charge in [0.25, 0.3) is 5.91 Å². The second-order valence-corrected chi connectivity index (χ2v) is 6.27. The maximum atomic E-state index is 12.9. The first-order valence-corrected chi connectivity index (χ1v) is 8.41. The monoisotopic (exact) mass is 336 g/mol. The maximum absolute atomic E-state index is 12.9. The molecule has 25 heavy (non-hydrogen) atoms. The van der Waals surface area contributed by atoms with Gasteiger partial charge in [-0.25, -0.2) is 9.97 Å². The lowest BCUT2D eigenvalue weighted by molar-refractivity contribution is 0.0783.